The quantitative estimate of drug-likeness (QED) is 0.693. The summed E-state index contributed by atoms with van der Waals surface area (Å²) in [5.41, 5.74) is 1.18. The van der Waals surface area contributed by atoms with E-state index in [4.69, 9.17) is 11.6 Å². The van der Waals surface area contributed by atoms with Gasteiger partial charge in [0.25, 0.3) is 0 Å². The van der Waals surface area contributed by atoms with Crippen molar-refractivity contribution in [1.82, 2.24) is 4.90 Å². The van der Waals surface area contributed by atoms with E-state index in [1.807, 2.05) is 30.3 Å². The van der Waals surface area contributed by atoms with Gasteiger partial charge in [-0.2, -0.15) is 0 Å². The Morgan fingerprint density at radius 1 is 1.16 bits per heavy atom. The predicted molar refractivity (Wildman–Crippen MR) is 81.4 cm³/mol. The predicted octanol–water partition coefficient (Wildman–Crippen LogP) is 2.55. The Morgan fingerprint density at radius 3 is 2.32 bits per heavy atom. The first-order valence-corrected chi connectivity index (χ1v) is 8.74. The summed E-state index contributed by atoms with van der Waals surface area (Å²) in [6, 6.07) is 10.0. The molecular weight excluding hydrogens is 282 g/mol. The molecule has 0 unspecified atom stereocenters. The molecule has 0 aliphatic heterocycles. The SMILES string of the molecule is CC(C)S(=O)(=O)CCN(CCCl)Cc1ccccc1. The largest absolute Gasteiger partial charge is 0.297 e. The van der Waals surface area contributed by atoms with Crippen molar-refractivity contribution in [1.29, 1.82) is 0 Å². The molecule has 0 radical (unpaired) electrons. The zero-order chi connectivity index (χ0) is 14.3. The molecule has 0 aliphatic carbocycles. The lowest BCUT2D eigenvalue weighted by Crippen LogP contribution is -2.32. The average Bonchev–Trinajstić information content (AvgIpc) is 2.37. The van der Waals surface area contributed by atoms with Crippen LogP contribution in [0.3, 0.4) is 0 Å². The monoisotopic (exact) mass is 303 g/mol. The van der Waals surface area contributed by atoms with Crippen LogP contribution in [0, 0.1) is 0 Å². The third kappa shape index (κ3) is 5.93. The smallest absolute Gasteiger partial charge is 0.153 e. The minimum absolute atomic E-state index is 0.189. The number of halogens is 1. The number of sulfone groups is 1. The van der Waals surface area contributed by atoms with Crippen molar-refractivity contribution in [3.63, 3.8) is 0 Å². The molecule has 0 amide bonds. The Balaban J connectivity index is 2.59. The number of rotatable bonds is 8. The van der Waals surface area contributed by atoms with Gasteiger partial charge in [0.1, 0.15) is 0 Å². The molecule has 1 aromatic rings. The van der Waals surface area contributed by atoms with Gasteiger partial charge in [0.15, 0.2) is 9.84 Å². The van der Waals surface area contributed by atoms with Crippen molar-refractivity contribution in [2.24, 2.45) is 0 Å². The van der Waals surface area contributed by atoms with Gasteiger partial charge in [-0.1, -0.05) is 30.3 Å². The summed E-state index contributed by atoms with van der Waals surface area (Å²) in [4.78, 5) is 2.09. The second-order valence-corrected chi connectivity index (χ2v) is 7.92. The summed E-state index contributed by atoms with van der Waals surface area (Å²) in [6.07, 6.45) is 0. The van der Waals surface area contributed by atoms with Crippen LogP contribution < -0.4 is 0 Å². The lowest BCUT2D eigenvalue weighted by molar-refractivity contribution is 0.298. The molecule has 0 aliphatic rings. The van der Waals surface area contributed by atoms with E-state index in [0.717, 1.165) is 6.54 Å². The van der Waals surface area contributed by atoms with E-state index < -0.39 is 9.84 Å². The van der Waals surface area contributed by atoms with Crippen LogP contribution in [-0.2, 0) is 16.4 Å². The van der Waals surface area contributed by atoms with Crippen LogP contribution in [-0.4, -0.2) is 43.3 Å². The maximum Gasteiger partial charge on any atom is 0.153 e. The minimum Gasteiger partial charge on any atom is -0.297 e. The molecule has 0 spiro atoms. The minimum atomic E-state index is -2.99. The maximum atomic E-state index is 11.8. The average molecular weight is 304 g/mol. The summed E-state index contributed by atoms with van der Waals surface area (Å²) in [7, 11) is -2.99. The summed E-state index contributed by atoms with van der Waals surface area (Å²) in [5.74, 6) is 0.697. The molecule has 0 heterocycles. The van der Waals surface area contributed by atoms with Crippen molar-refractivity contribution in [2.45, 2.75) is 25.6 Å². The number of benzene rings is 1. The van der Waals surface area contributed by atoms with Crippen LogP contribution in [0.5, 0.6) is 0 Å². The van der Waals surface area contributed by atoms with Gasteiger partial charge in [-0.3, -0.25) is 4.90 Å². The Bertz CT molecular complexity index is 460. The molecule has 0 fully saturated rings. The molecule has 0 saturated heterocycles. The van der Waals surface area contributed by atoms with E-state index in [1.54, 1.807) is 13.8 Å². The summed E-state index contributed by atoms with van der Waals surface area (Å²) in [6.45, 7) is 5.41. The van der Waals surface area contributed by atoms with E-state index in [0.29, 0.717) is 19.0 Å². The number of alkyl halides is 1. The lowest BCUT2D eigenvalue weighted by Gasteiger charge is -2.21. The van der Waals surface area contributed by atoms with Crippen molar-refractivity contribution in [3.8, 4) is 0 Å². The molecule has 19 heavy (non-hydrogen) atoms. The molecule has 0 N–H and O–H groups in total. The van der Waals surface area contributed by atoms with Crippen LogP contribution in [0.1, 0.15) is 19.4 Å². The van der Waals surface area contributed by atoms with Crippen molar-refractivity contribution in [3.05, 3.63) is 35.9 Å². The van der Waals surface area contributed by atoms with Gasteiger partial charge in [-0.15, -0.1) is 11.6 Å². The first-order valence-electron chi connectivity index (χ1n) is 6.49. The highest BCUT2D eigenvalue weighted by Crippen LogP contribution is 2.07. The molecule has 0 aromatic heterocycles. The molecule has 1 aromatic carbocycles. The maximum absolute atomic E-state index is 11.8. The number of hydrogen-bond acceptors (Lipinski definition) is 3. The topological polar surface area (TPSA) is 37.4 Å². The lowest BCUT2D eigenvalue weighted by atomic mass is 10.2. The Kier molecular flexibility index (Phi) is 6.83. The molecule has 0 bridgehead atoms. The van der Waals surface area contributed by atoms with Crippen LogP contribution in [0.2, 0.25) is 0 Å². The highest BCUT2D eigenvalue weighted by atomic mass is 35.5. The highest BCUT2D eigenvalue weighted by Gasteiger charge is 2.17. The summed E-state index contributed by atoms with van der Waals surface area (Å²) in [5, 5.41) is -0.318. The summed E-state index contributed by atoms with van der Waals surface area (Å²) < 4.78 is 23.7. The van der Waals surface area contributed by atoms with Crippen LogP contribution in [0.15, 0.2) is 30.3 Å². The zero-order valence-electron chi connectivity index (χ0n) is 11.5. The van der Waals surface area contributed by atoms with E-state index in [9.17, 15) is 8.42 Å². The third-order valence-electron chi connectivity index (χ3n) is 3.06. The Hall–Kier alpha value is -0.580. The van der Waals surface area contributed by atoms with Gasteiger partial charge in [-0.25, -0.2) is 8.42 Å². The molecule has 5 heteroatoms. The number of nitrogens with zero attached hydrogens (tertiary/aromatic N) is 1. The van der Waals surface area contributed by atoms with E-state index >= 15 is 0 Å². The van der Waals surface area contributed by atoms with E-state index in [-0.39, 0.29) is 11.0 Å². The Morgan fingerprint density at radius 2 is 1.79 bits per heavy atom. The van der Waals surface area contributed by atoms with Crippen molar-refractivity contribution in [2.75, 3.05) is 24.7 Å². The molecule has 1 rings (SSSR count). The van der Waals surface area contributed by atoms with Gasteiger partial charge < -0.3 is 0 Å². The van der Waals surface area contributed by atoms with Crippen molar-refractivity contribution >= 4 is 21.4 Å². The normalized spacial score (nSPS) is 12.3. The first kappa shape index (κ1) is 16.5. The standard InChI is InChI=1S/C14H22ClNO2S/c1-13(2)19(17,18)11-10-16(9-8-15)12-14-6-4-3-5-7-14/h3-7,13H,8-12H2,1-2H3. The van der Waals surface area contributed by atoms with Gasteiger partial charge in [0.2, 0.25) is 0 Å². The van der Waals surface area contributed by atoms with Crippen LogP contribution >= 0.6 is 11.6 Å². The number of hydrogen-bond donors (Lipinski definition) is 0. The summed E-state index contributed by atoms with van der Waals surface area (Å²) >= 11 is 5.78. The first-order chi connectivity index (χ1) is 8.95. The Labute approximate surface area is 121 Å². The second kappa shape index (κ2) is 7.88. The fourth-order valence-corrected chi connectivity index (χ4v) is 2.95. The third-order valence-corrected chi connectivity index (χ3v) is 5.42. The van der Waals surface area contributed by atoms with Crippen LogP contribution in [0.25, 0.3) is 0 Å². The molecule has 0 atom stereocenters. The van der Waals surface area contributed by atoms with Gasteiger partial charge in [0, 0.05) is 25.5 Å². The van der Waals surface area contributed by atoms with Gasteiger partial charge in [-0.05, 0) is 19.4 Å². The second-order valence-electron chi connectivity index (χ2n) is 4.87. The molecular formula is C14H22ClNO2S. The van der Waals surface area contributed by atoms with Crippen molar-refractivity contribution < 1.29 is 8.42 Å². The highest BCUT2D eigenvalue weighted by molar-refractivity contribution is 7.92. The fraction of sp³-hybridized carbons (Fsp3) is 0.571. The molecule has 3 nitrogen and oxygen atoms in total. The fourth-order valence-electron chi connectivity index (χ4n) is 1.72. The molecule has 108 valence electrons. The van der Waals surface area contributed by atoms with Crippen LogP contribution in [0.4, 0.5) is 0 Å². The molecule has 0 saturated carbocycles. The zero-order valence-corrected chi connectivity index (χ0v) is 13.1. The van der Waals surface area contributed by atoms with E-state index in [2.05, 4.69) is 4.90 Å². The van der Waals surface area contributed by atoms with Gasteiger partial charge >= 0.3 is 0 Å². The van der Waals surface area contributed by atoms with Gasteiger partial charge in [0.05, 0.1) is 11.0 Å². The van der Waals surface area contributed by atoms with E-state index in [1.165, 1.54) is 5.56 Å².